The predicted octanol–water partition coefficient (Wildman–Crippen LogP) is 1.60. The quantitative estimate of drug-likeness (QED) is 0.0249. The molecule has 418 valence electrons. The first-order valence-electron chi connectivity index (χ1n) is 26.0. The number of hydrogen-bond acceptors (Lipinski definition) is 15. The van der Waals surface area contributed by atoms with E-state index in [2.05, 4.69) is 72.7 Å². The van der Waals surface area contributed by atoms with Crippen LogP contribution in [0.1, 0.15) is 97.8 Å². The molecular weight excluding hydrogens is 1010 g/mol. The molecule has 0 fully saturated rings. The highest BCUT2D eigenvalue weighted by Gasteiger charge is 2.23. The Balaban J connectivity index is 0.750. The molecule has 0 saturated heterocycles. The molecule has 27 nitrogen and oxygen atoms in total. The second kappa shape index (κ2) is 30.6. The number of H-pyrrole nitrogens is 2. The summed E-state index contributed by atoms with van der Waals surface area (Å²) in [6.07, 6.45) is 14.9. The summed E-state index contributed by atoms with van der Waals surface area (Å²) in [5.41, 5.74) is 8.32. The molecular formula is C51H69N17O10. The molecule has 6 amide bonds. The van der Waals surface area contributed by atoms with Crippen molar-refractivity contribution in [1.82, 2.24) is 71.4 Å². The van der Waals surface area contributed by atoms with Crippen LogP contribution in [0.3, 0.4) is 0 Å². The van der Waals surface area contributed by atoms with Crippen molar-refractivity contribution in [1.29, 1.82) is 0 Å². The number of nitrogens with zero attached hydrogens (tertiary/aromatic N) is 6. The lowest BCUT2D eigenvalue weighted by molar-refractivity contribution is -0.142. The maximum atomic E-state index is 12.9. The Hall–Kier alpha value is -8.88. The zero-order chi connectivity index (χ0) is 55.7. The molecule has 4 heterocycles. The summed E-state index contributed by atoms with van der Waals surface area (Å²) in [6.45, 7) is 2.60. The molecule has 78 heavy (non-hydrogen) atoms. The topological polar surface area (TPSA) is 392 Å². The molecule has 0 radical (unpaired) electrons. The van der Waals surface area contributed by atoms with Crippen LogP contribution in [0.5, 0.6) is 0 Å². The number of benzene rings is 2. The van der Waals surface area contributed by atoms with Gasteiger partial charge >= 0.3 is 11.9 Å². The van der Waals surface area contributed by atoms with Crippen LogP contribution in [0.4, 0.5) is 11.9 Å². The molecule has 0 aliphatic rings. The van der Waals surface area contributed by atoms with E-state index in [1.807, 2.05) is 9.36 Å². The molecule has 3 atom stereocenters. The number of imidazole rings is 2. The standard InChI is InChI=1S/C51H69N17O10/c52-37(47(74)54-18-6-2-4-10-44(71)66-39(49(77)78)32-62-46(73)34-12-15-41-36(28-34)30-64-68(41)26-8-20-56-51-59-23-24-60-51)13-16-42(69)53-17-5-1-3-9-43(70)65-38(48(75)76)31-61-45(72)33-11-14-40-35(27-33)29-63-67(40)25-7-19-55-50-57-21-22-58-50/h11-12,14-15,21-24,27-30,37-39H,1-10,13,16-20,25-26,31-32,52H2,(H,53,69)(H,54,74)(H,61,72)(H,62,73)(H,65,70)(H,66,71)(H,75,76)(H,77,78)(H2,55,57,58)(H2,56,59,60). The molecule has 0 bridgehead atoms. The van der Waals surface area contributed by atoms with Crippen LogP contribution in [-0.2, 0) is 41.9 Å². The fourth-order valence-electron chi connectivity index (χ4n) is 8.19. The number of carbonyl (C=O) groups is 8. The predicted molar refractivity (Wildman–Crippen MR) is 287 cm³/mol. The lowest BCUT2D eigenvalue weighted by Crippen LogP contribution is -2.48. The van der Waals surface area contributed by atoms with Crippen LogP contribution >= 0.6 is 0 Å². The number of amides is 6. The molecule has 14 N–H and O–H groups in total. The van der Waals surface area contributed by atoms with Crippen molar-refractivity contribution in [3.63, 3.8) is 0 Å². The Bertz CT molecular complexity index is 2920. The average Bonchev–Trinajstić information content (AvgIpc) is 4.31. The van der Waals surface area contributed by atoms with Crippen molar-refractivity contribution >= 4 is 81.1 Å². The first-order valence-corrected chi connectivity index (χ1v) is 26.0. The van der Waals surface area contributed by atoms with Gasteiger partial charge in [0.1, 0.15) is 12.1 Å². The van der Waals surface area contributed by atoms with Crippen molar-refractivity contribution in [2.45, 2.75) is 108 Å². The Morgan fingerprint density at radius 1 is 0.551 bits per heavy atom. The highest BCUT2D eigenvalue weighted by atomic mass is 16.4. The minimum Gasteiger partial charge on any atom is -0.480 e. The zero-order valence-corrected chi connectivity index (χ0v) is 43.2. The number of aryl methyl sites for hydroxylation is 2. The molecule has 0 saturated carbocycles. The Morgan fingerprint density at radius 3 is 1.47 bits per heavy atom. The molecule has 27 heteroatoms. The first kappa shape index (κ1) is 58.4. The van der Waals surface area contributed by atoms with Crippen LogP contribution in [0.2, 0.25) is 0 Å². The molecule has 0 spiro atoms. The summed E-state index contributed by atoms with van der Waals surface area (Å²) in [7, 11) is 0. The van der Waals surface area contributed by atoms with Gasteiger partial charge in [-0.1, -0.05) is 12.8 Å². The van der Waals surface area contributed by atoms with Gasteiger partial charge in [-0.15, -0.1) is 0 Å². The van der Waals surface area contributed by atoms with Crippen LogP contribution in [0.15, 0.2) is 73.6 Å². The van der Waals surface area contributed by atoms with Crippen molar-refractivity contribution in [2.75, 3.05) is 49.9 Å². The number of carbonyl (C=O) groups excluding carboxylic acids is 6. The zero-order valence-electron chi connectivity index (χ0n) is 43.2. The van der Waals surface area contributed by atoms with Crippen molar-refractivity contribution in [3.05, 3.63) is 84.7 Å². The number of rotatable bonds is 36. The number of carboxylic acids is 2. The monoisotopic (exact) mass is 1080 g/mol. The van der Waals surface area contributed by atoms with Gasteiger partial charge in [0.25, 0.3) is 11.8 Å². The molecule has 3 unspecified atom stereocenters. The number of hydrogen-bond donors (Lipinski definition) is 13. The number of aromatic amines is 2. The number of fused-ring (bicyclic) bond motifs is 2. The fourth-order valence-corrected chi connectivity index (χ4v) is 8.19. The maximum absolute atomic E-state index is 12.9. The molecule has 6 aromatic rings. The fraction of sp³-hybridized carbons (Fsp3) is 0.451. The molecule has 6 rings (SSSR count). The third kappa shape index (κ3) is 19.0. The summed E-state index contributed by atoms with van der Waals surface area (Å²) in [6, 6.07) is 6.55. The highest BCUT2D eigenvalue weighted by molar-refractivity contribution is 5.99. The van der Waals surface area contributed by atoms with E-state index in [0.717, 1.165) is 34.6 Å². The number of unbranched alkanes of at least 4 members (excludes halogenated alkanes) is 4. The first-order chi connectivity index (χ1) is 37.7. The second-order valence-electron chi connectivity index (χ2n) is 18.5. The molecule has 0 aliphatic carbocycles. The van der Waals surface area contributed by atoms with Gasteiger partial charge in [0.05, 0.1) is 29.5 Å². The van der Waals surface area contributed by atoms with Crippen LogP contribution in [0.25, 0.3) is 21.8 Å². The summed E-state index contributed by atoms with van der Waals surface area (Å²) in [5.74, 6) is -3.93. The lowest BCUT2D eigenvalue weighted by Gasteiger charge is -2.16. The number of nitrogens with two attached hydrogens (primary N) is 1. The number of anilines is 2. The Kier molecular flexibility index (Phi) is 22.9. The van der Waals surface area contributed by atoms with E-state index in [4.69, 9.17) is 5.73 Å². The average molecular weight is 1080 g/mol. The van der Waals surface area contributed by atoms with Crippen LogP contribution in [0, 0.1) is 0 Å². The number of aliphatic carboxylic acids is 2. The van der Waals surface area contributed by atoms with Gasteiger partial charge in [-0.25, -0.2) is 19.6 Å². The normalized spacial score (nSPS) is 12.3. The highest BCUT2D eigenvalue weighted by Crippen LogP contribution is 2.18. The van der Waals surface area contributed by atoms with E-state index in [1.165, 1.54) is 0 Å². The van der Waals surface area contributed by atoms with Gasteiger partial charge in [-0.3, -0.25) is 38.1 Å². The van der Waals surface area contributed by atoms with Gasteiger partial charge < -0.3 is 68.4 Å². The van der Waals surface area contributed by atoms with Crippen molar-refractivity contribution in [2.24, 2.45) is 5.73 Å². The van der Waals surface area contributed by atoms with Gasteiger partial charge in [0, 0.05) is 118 Å². The second-order valence-corrected chi connectivity index (χ2v) is 18.5. The Morgan fingerprint density at radius 2 is 1.03 bits per heavy atom. The molecule has 2 aromatic carbocycles. The van der Waals surface area contributed by atoms with Crippen molar-refractivity contribution < 1.29 is 48.6 Å². The summed E-state index contributed by atoms with van der Waals surface area (Å²) in [5, 5.41) is 51.6. The lowest BCUT2D eigenvalue weighted by atomic mass is 10.1. The number of nitrogens with one attached hydrogen (secondary N) is 10. The van der Waals surface area contributed by atoms with E-state index in [-0.39, 0.29) is 51.2 Å². The summed E-state index contributed by atoms with van der Waals surface area (Å²) in [4.78, 5) is 114. The third-order valence-corrected chi connectivity index (χ3v) is 12.5. The van der Waals surface area contributed by atoms with Crippen LogP contribution < -0.4 is 48.3 Å². The number of carboxylic acid groups (broad SMARTS) is 2. The van der Waals surface area contributed by atoms with E-state index in [0.29, 0.717) is 94.3 Å². The third-order valence-electron chi connectivity index (χ3n) is 12.5. The SMILES string of the molecule is NC(CCC(=O)NCCCCCC(=O)NC(CNC(=O)c1ccc2c(cnn2CCCNc2ncc[nH]2)c1)C(=O)O)C(=O)NCCCCCC(=O)NC(CNC(=O)c1ccc2c(cnn2CCCNc2ncc[nH]2)c1)C(=O)O. The summed E-state index contributed by atoms with van der Waals surface area (Å²) < 4.78 is 3.67. The van der Waals surface area contributed by atoms with E-state index < -0.39 is 59.6 Å². The van der Waals surface area contributed by atoms with Gasteiger partial charge in [-0.05, 0) is 81.3 Å². The molecule has 4 aromatic heterocycles. The minimum absolute atomic E-state index is 0.0153. The summed E-state index contributed by atoms with van der Waals surface area (Å²) >= 11 is 0. The van der Waals surface area contributed by atoms with Gasteiger partial charge in [0.15, 0.2) is 11.9 Å². The smallest absolute Gasteiger partial charge is 0.328 e. The van der Waals surface area contributed by atoms with E-state index in [9.17, 15) is 48.6 Å². The van der Waals surface area contributed by atoms with E-state index >= 15 is 0 Å². The van der Waals surface area contributed by atoms with Gasteiger partial charge in [0.2, 0.25) is 23.6 Å². The maximum Gasteiger partial charge on any atom is 0.328 e. The number of aromatic nitrogens is 8. The van der Waals surface area contributed by atoms with Crippen LogP contribution in [-0.4, -0.2) is 154 Å². The van der Waals surface area contributed by atoms with E-state index in [1.54, 1.807) is 73.6 Å². The largest absolute Gasteiger partial charge is 0.480 e. The van der Waals surface area contributed by atoms with Crippen molar-refractivity contribution in [3.8, 4) is 0 Å². The Labute approximate surface area is 448 Å². The molecule has 0 aliphatic heterocycles. The minimum atomic E-state index is -1.35. The van der Waals surface area contributed by atoms with Gasteiger partial charge in [-0.2, -0.15) is 10.2 Å².